The SMILES string of the molecule is Cc1ccccc1CN1C(=O)NC2C(SNC2c2ccccn2)C1=O. The molecule has 6 nitrogen and oxygen atoms in total. The van der Waals surface area contributed by atoms with Gasteiger partial charge in [0, 0.05) is 6.20 Å². The van der Waals surface area contributed by atoms with Crippen LogP contribution >= 0.6 is 11.9 Å². The lowest BCUT2D eigenvalue weighted by Crippen LogP contribution is -2.61. The van der Waals surface area contributed by atoms with Crippen LogP contribution < -0.4 is 10.0 Å². The highest BCUT2D eigenvalue weighted by molar-refractivity contribution is 7.99. The summed E-state index contributed by atoms with van der Waals surface area (Å²) in [7, 11) is 0. The van der Waals surface area contributed by atoms with E-state index in [1.165, 1.54) is 16.8 Å². The van der Waals surface area contributed by atoms with Crippen LogP contribution in [0.2, 0.25) is 0 Å². The van der Waals surface area contributed by atoms with Crippen molar-refractivity contribution in [2.45, 2.75) is 30.8 Å². The van der Waals surface area contributed by atoms with Crippen LogP contribution in [-0.2, 0) is 11.3 Å². The second-order valence-corrected chi connectivity index (χ2v) is 7.19. The molecule has 1 aromatic carbocycles. The molecule has 3 unspecified atom stereocenters. The van der Waals surface area contributed by atoms with E-state index in [0.717, 1.165) is 16.8 Å². The molecular weight excluding hydrogens is 336 g/mol. The van der Waals surface area contributed by atoms with Gasteiger partial charge in [-0.1, -0.05) is 42.3 Å². The number of benzene rings is 1. The fourth-order valence-corrected chi connectivity index (χ4v) is 4.38. The summed E-state index contributed by atoms with van der Waals surface area (Å²) in [6.07, 6.45) is 1.71. The average Bonchev–Trinajstić information content (AvgIpc) is 3.04. The molecule has 2 fully saturated rings. The number of aromatic nitrogens is 1. The van der Waals surface area contributed by atoms with E-state index in [-0.39, 0.29) is 35.8 Å². The molecule has 2 aliphatic heterocycles. The van der Waals surface area contributed by atoms with Gasteiger partial charge in [0.2, 0.25) is 5.91 Å². The second-order valence-electron chi connectivity index (χ2n) is 6.21. The zero-order chi connectivity index (χ0) is 17.4. The van der Waals surface area contributed by atoms with Crippen molar-refractivity contribution in [3.63, 3.8) is 0 Å². The van der Waals surface area contributed by atoms with E-state index in [1.54, 1.807) is 6.20 Å². The summed E-state index contributed by atoms with van der Waals surface area (Å²) in [4.78, 5) is 31.1. The number of nitrogens with one attached hydrogen (secondary N) is 2. The first-order valence-corrected chi connectivity index (χ1v) is 9.01. The predicted octanol–water partition coefficient (Wildman–Crippen LogP) is 2.17. The van der Waals surface area contributed by atoms with E-state index in [1.807, 2.05) is 49.4 Å². The molecule has 1 aromatic heterocycles. The summed E-state index contributed by atoms with van der Waals surface area (Å²) in [5.74, 6) is -0.159. The number of amides is 3. The van der Waals surface area contributed by atoms with E-state index >= 15 is 0 Å². The lowest BCUT2D eigenvalue weighted by molar-refractivity contribution is -0.130. The summed E-state index contributed by atoms with van der Waals surface area (Å²) in [5.41, 5.74) is 2.86. The van der Waals surface area contributed by atoms with Crippen LogP contribution in [0.5, 0.6) is 0 Å². The number of aryl methyl sites for hydroxylation is 1. The lowest BCUT2D eigenvalue weighted by Gasteiger charge is -2.34. The molecular formula is C18H18N4O2S. The molecule has 2 saturated heterocycles. The highest BCUT2D eigenvalue weighted by Gasteiger charge is 2.50. The number of hydrogen-bond donors (Lipinski definition) is 2. The number of carbonyl (C=O) groups excluding carboxylic acids is 2. The van der Waals surface area contributed by atoms with Crippen LogP contribution in [0.3, 0.4) is 0 Å². The monoisotopic (exact) mass is 354 g/mol. The van der Waals surface area contributed by atoms with Gasteiger partial charge in [0.1, 0.15) is 5.25 Å². The Morgan fingerprint density at radius 2 is 1.96 bits per heavy atom. The Labute approximate surface area is 150 Å². The van der Waals surface area contributed by atoms with Gasteiger partial charge >= 0.3 is 6.03 Å². The van der Waals surface area contributed by atoms with Crippen LogP contribution in [0.4, 0.5) is 4.79 Å². The third-order valence-corrected chi connectivity index (χ3v) is 5.79. The number of rotatable bonds is 3. The first-order chi connectivity index (χ1) is 12.1. The maximum Gasteiger partial charge on any atom is 0.324 e. The first kappa shape index (κ1) is 16.1. The highest BCUT2D eigenvalue weighted by atomic mass is 32.2. The number of carbonyl (C=O) groups is 2. The Kier molecular flexibility index (Phi) is 4.19. The molecule has 3 atom stereocenters. The molecule has 2 N–H and O–H groups in total. The molecule has 0 saturated carbocycles. The first-order valence-electron chi connectivity index (χ1n) is 8.13. The van der Waals surface area contributed by atoms with Gasteiger partial charge in [-0.2, -0.15) is 0 Å². The fraction of sp³-hybridized carbons (Fsp3) is 0.278. The molecule has 0 bridgehead atoms. The maximum absolute atomic E-state index is 12.9. The van der Waals surface area contributed by atoms with Crippen LogP contribution in [0.1, 0.15) is 22.9 Å². The molecule has 0 aliphatic carbocycles. The van der Waals surface area contributed by atoms with Crippen LogP contribution in [0.25, 0.3) is 0 Å². The van der Waals surface area contributed by atoms with Crippen molar-refractivity contribution in [2.75, 3.05) is 0 Å². The molecule has 4 rings (SSSR count). The molecule has 3 amide bonds. The van der Waals surface area contributed by atoms with Crippen molar-refractivity contribution in [1.82, 2.24) is 19.9 Å². The quantitative estimate of drug-likeness (QED) is 0.827. The molecule has 128 valence electrons. The molecule has 7 heteroatoms. The van der Waals surface area contributed by atoms with E-state index < -0.39 is 0 Å². The zero-order valence-electron chi connectivity index (χ0n) is 13.7. The second kappa shape index (κ2) is 6.50. The van der Waals surface area contributed by atoms with Crippen LogP contribution in [-0.4, -0.2) is 33.1 Å². The van der Waals surface area contributed by atoms with Crippen molar-refractivity contribution in [3.05, 3.63) is 65.5 Å². The lowest BCUT2D eigenvalue weighted by atomic mass is 9.98. The Hall–Kier alpha value is -2.38. The molecule has 0 radical (unpaired) electrons. The van der Waals surface area contributed by atoms with Gasteiger partial charge < -0.3 is 5.32 Å². The van der Waals surface area contributed by atoms with E-state index in [4.69, 9.17) is 0 Å². The average molecular weight is 354 g/mol. The summed E-state index contributed by atoms with van der Waals surface area (Å²) in [6.45, 7) is 2.27. The number of urea groups is 1. The van der Waals surface area contributed by atoms with E-state index in [2.05, 4.69) is 15.0 Å². The minimum atomic E-state index is -0.353. The highest BCUT2D eigenvalue weighted by Crippen LogP contribution is 2.36. The predicted molar refractivity (Wildman–Crippen MR) is 95.5 cm³/mol. The molecule has 25 heavy (non-hydrogen) atoms. The molecule has 2 aliphatic rings. The summed E-state index contributed by atoms with van der Waals surface area (Å²) >= 11 is 1.36. The Balaban J connectivity index is 1.56. The van der Waals surface area contributed by atoms with Gasteiger partial charge in [0.25, 0.3) is 0 Å². The van der Waals surface area contributed by atoms with Gasteiger partial charge in [-0.05, 0) is 30.2 Å². The minimum absolute atomic E-state index is 0.159. The van der Waals surface area contributed by atoms with Gasteiger partial charge in [0.15, 0.2) is 0 Å². The van der Waals surface area contributed by atoms with Crippen molar-refractivity contribution in [2.24, 2.45) is 0 Å². The van der Waals surface area contributed by atoms with Crippen molar-refractivity contribution >= 4 is 23.9 Å². The Bertz CT molecular complexity index is 814. The van der Waals surface area contributed by atoms with Gasteiger partial charge in [0.05, 0.1) is 24.3 Å². The third kappa shape index (κ3) is 2.89. The van der Waals surface area contributed by atoms with E-state index in [0.29, 0.717) is 0 Å². The molecule has 3 heterocycles. The smallest absolute Gasteiger partial charge is 0.324 e. The molecule has 2 aromatic rings. The van der Waals surface area contributed by atoms with Gasteiger partial charge in [-0.25, -0.2) is 4.79 Å². The van der Waals surface area contributed by atoms with Gasteiger partial charge in [-0.15, -0.1) is 0 Å². The fourth-order valence-electron chi connectivity index (χ4n) is 3.22. The van der Waals surface area contributed by atoms with Crippen molar-refractivity contribution in [1.29, 1.82) is 0 Å². The Morgan fingerprint density at radius 3 is 2.72 bits per heavy atom. The summed E-state index contributed by atoms with van der Waals surface area (Å²) in [6, 6.07) is 12.6. The third-order valence-electron chi connectivity index (χ3n) is 4.65. The number of nitrogens with zero attached hydrogens (tertiary/aromatic N) is 2. The number of pyridine rings is 1. The number of fused-ring (bicyclic) bond motifs is 1. The zero-order valence-corrected chi connectivity index (χ0v) is 14.5. The van der Waals surface area contributed by atoms with Crippen molar-refractivity contribution in [3.8, 4) is 0 Å². The Morgan fingerprint density at radius 1 is 1.16 bits per heavy atom. The van der Waals surface area contributed by atoms with Crippen LogP contribution in [0, 0.1) is 6.92 Å². The molecule has 0 spiro atoms. The summed E-state index contributed by atoms with van der Waals surface area (Å²) in [5, 5.41) is 2.64. The van der Waals surface area contributed by atoms with E-state index in [9.17, 15) is 9.59 Å². The van der Waals surface area contributed by atoms with Crippen molar-refractivity contribution < 1.29 is 9.59 Å². The van der Waals surface area contributed by atoms with Gasteiger partial charge in [-0.3, -0.25) is 19.4 Å². The maximum atomic E-state index is 12.9. The largest absolute Gasteiger partial charge is 0.331 e. The van der Waals surface area contributed by atoms with Crippen LogP contribution in [0.15, 0.2) is 48.7 Å². The number of hydrogen-bond acceptors (Lipinski definition) is 5. The summed E-state index contributed by atoms with van der Waals surface area (Å²) < 4.78 is 3.25. The topological polar surface area (TPSA) is 74.3 Å². The minimum Gasteiger partial charge on any atom is -0.331 e. The number of imide groups is 1. The normalized spacial score (nSPS) is 25.6. The standard InChI is InChI=1S/C18H18N4O2S/c1-11-6-2-3-7-12(11)10-22-17(23)16-15(20-18(22)24)14(21-25-16)13-8-4-5-9-19-13/h2-9,14-16,21H,10H2,1H3,(H,20,24).